The normalized spacial score (nSPS) is 15.2. The maximum Gasteiger partial charge on any atom is 0.145 e. The van der Waals surface area contributed by atoms with Gasteiger partial charge in [-0.2, -0.15) is 5.26 Å². The van der Waals surface area contributed by atoms with Crippen LogP contribution in [0.15, 0.2) is 60.8 Å². The van der Waals surface area contributed by atoms with E-state index >= 15 is 0 Å². The molecule has 1 atom stereocenters. The van der Waals surface area contributed by atoms with E-state index in [9.17, 15) is 10.1 Å². The number of carbonyl (C=O) groups is 1. The summed E-state index contributed by atoms with van der Waals surface area (Å²) in [4.78, 5) is 20.2. The molecule has 0 amide bonds. The van der Waals surface area contributed by atoms with Crippen LogP contribution >= 0.6 is 0 Å². The summed E-state index contributed by atoms with van der Waals surface area (Å²) in [6.07, 6.45) is 7.93. The molecule has 0 aliphatic heterocycles. The third-order valence-corrected chi connectivity index (χ3v) is 6.93. The van der Waals surface area contributed by atoms with Crippen molar-refractivity contribution in [1.82, 2.24) is 9.88 Å². The number of para-hydroxylation sites is 1. The molecule has 1 saturated carbocycles. The number of carbonyl (C=O) groups excluding carboxylic acids is 1. The number of ketones is 1. The van der Waals surface area contributed by atoms with Crippen molar-refractivity contribution in [2.75, 3.05) is 26.7 Å². The van der Waals surface area contributed by atoms with Gasteiger partial charge in [0.15, 0.2) is 0 Å². The highest BCUT2D eigenvalue weighted by atomic mass is 16.5. The fraction of sp³-hybridized carbons (Fsp3) is 0.414. The van der Waals surface area contributed by atoms with E-state index in [0.29, 0.717) is 24.4 Å². The summed E-state index contributed by atoms with van der Waals surface area (Å²) in [5.74, 6) is 0.997. The number of pyridine rings is 1. The molecule has 1 fully saturated rings. The molecule has 1 aromatic heterocycles. The quantitative estimate of drug-likeness (QED) is 0.390. The zero-order chi connectivity index (χ0) is 23.8. The van der Waals surface area contributed by atoms with E-state index in [1.807, 2.05) is 54.6 Å². The predicted octanol–water partition coefficient (Wildman–Crippen LogP) is 5.74. The van der Waals surface area contributed by atoms with Crippen molar-refractivity contribution in [3.05, 3.63) is 71.9 Å². The molecule has 0 N–H and O–H groups in total. The van der Waals surface area contributed by atoms with Gasteiger partial charge >= 0.3 is 0 Å². The molecule has 1 heterocycles. The highest BCUT2D eigenvalue weighted by Gasteiger charge is 2.30. The highest BCUT2D eigenvalue weighted by molar-refractivity contribution is 5.88. The first-order chi connectivity index (χ1) is 16.7. The number of fused-ring (bicyclic) bond motifs is 1. The second-order valence-corrected chi connectivity index (χ2v) is 9.26. The topological polar surface area (TPSA) is 66.2 Å². The van der Waals surface area contributed by atoms with Gasteiger partial charge in [0.2, 0.25) is 0 Å². The van der Waals surface area contributed by atoms with Crippen LogP contribution in [0.4, 0.5) is 0 Å². The minimum atomic E-state index is -0.232. The number of rotatable bonds is 10. The Kier molecular flexibility index (Phi) is 8.27. The Morgan fingerprint density at radius 3 is 2.71 bits per heavy atom. The van der Waals surface area contributed by atoms with Crippen LogP contribution in [-0.4, -0.2) is 42.4 Å². The number of Topliss-reactive ketones (excluding diaryl/α,β-unsaturated/α-hetero) is 1. The van der Waals surface area contributed by atoms with Crippen molar-refractivity contribution in [1.29, 1.82) is 5.26 Å². The summed E-state index contributed by atoms with van der Waals surface area (Å²) in [6.45, 7) is 2.05. The first-order valence-corrected chi connectivity index (χ1v) is 12.3. The molecule has 3 aromatic rings. The second-order valence-electron chi connectivity index (χ2n) is 9.26. The monoisotopic (exact) mass is 455 g/mol. The highest BCUT2D eigenvalue weighted by Crippen LogP contribution is 2.33. The van der Waals surface area contributed by atoms with E-state index in [4.69, 9.17) is 4.74 Å². The lowest BCUT2D eigenvalue weighted by atomic mass is 9.77. The molecule has 0 bridgehead atoms. The van der Waals surface area contributed by atoms with Crippen molar-refractivity contribution in [3.8, 4) is 11.8 Å². The van der Waals surface area contributed by atoms with E-state index < -0.39 is 0 Å². The van der Waals surface area contributed by atoms with Gasteiger partial charge in [0.05, 0.1) is 11.6 Å². The van der Waals surface area contributed by atoms with Crippen molar-refractivity contribution in [2.24, 2.45) is 5.92 Å². The summed E-state index contributed by atoms with van der Waals surface area (Å²) in [7, 11) is 2.06. The third-order valence-electron chi connectivity index (χ3n) is 6.93. The van der Waals surface area contributed by atoms with Gasteiger partial charge in [0, 0.05) is 30.0 Å². The Balaban J connectivity index is 1.38. The maximum atomic E-state index is 13.5. The number of nitriles is 1. The molecule has 1 aliphatic carbocycles. The minimum absolute atomic E-state index is 0.123. The van der Waals surface area contributed by atoms with Crippen LogP contribution in [0.5, 0.6) is 5.75 Å². The van der Waals surface area contributed by atoms with Crippen LogP contribution in [0.2, 0.25) is 0 Å². The Morgan fingerprint density at radius 1 is 1.09 bits per heavy atom. The fourth-order valence-electron chi connectivity index (χ4n) is 4.99. The van der Waals surface area contributed by atoms with E-state index in [2.05, 4.69) is 23.0 Å². The van der Waals surface area contributed by atoms with Crippen molar-refractivity contribution < 1.29 is 9.53 Å². The fourth-order valence-corrected chi connectivity index (χ4v) is 4.99. The number of hydrogen-bond acceptors (Lipinski definition) is 5. The van der Waals surface area contributed by atoms with Crippen LogP contribution in [0.25, 0.3) is 10.9 Å². The van der Waals surface area contributed by atoms with Gasteiger partial charge < -0.3 is 9.64 Å². The van der Waals surface area contributed by atoms with Crippen LogP contribution in [0, 0.1) is 17.2 Å². The van der Waals surface area contributed by atoms with E-state index in [1.54, 1.807) is 6.20 Å². The zero-order valence-electron chi connectivity index (χ0n) is 20.0. The molecule has 2 aromatic carbocycles. The zero-order valence-corrected chi connectivity index (χ0v) is 20.0. The van der Waals surface area contributed by atoms with E-state index in [1.165, 1.54) is 6.42 Å². The van der Waals surface area contributed by atoms with Gasteiger partial charge in [-0.15, -0.1) is 0 Å². The molecular formula is C29H33N3O2. The molecule has 5 heteroatoms. The Morgan fingerprint density at radius 2 is 1.88 bits per heavy atom. The number of nitrogens with zero attached hydrogens (tertiary/aromatic N) is 3. The van der Waals surface area contributed by atoms with Gasteiger partial charge in [-0.3, -0.25) is 9.78 Å². The largest absolute Gasteiger partial charge is 0.490 e. The molecule has 0 spiro atoms. The smallest absolute Gasteiger partial charge is 0.145 e. The number of likely N-dealkylation sites (N-methyl/N-ethyl adjacent to an activating group) is 1. The molecule has 4 rings (SSSR count). The molecule has 0 saturated heterocycles. The first-order valence-electron chi connectivity index (χ1n) is 12.3. The standard InChI is InChI=1S/C29H33N3O2/c1-32(19-20-34-27-15-7-12-22-13-8-17-31-28(22)27)18-16-26(25-14-6-5-11-24(25)21-30)29(33)23-9-3-2-4-10-23/h5-8,11-15,17,23,26H,2-4,9-10,16,18-20H2,1H3. The summed E-state index contributed by atoms with van der Waals surface area (Å²) in [5, 5.41) is 10.7. The van der Waals surface area contributed by atoms with Crippen molar-refractivity contribution in [3.63, 3.8) is 0 Å². The van der Waals surface area contributed by atoms with Crippen molar-refractivity contribution >= 4 is 16.7 Å². The molecule has 34 heavy (non-hydrogen) atoms. The average Bonchev–Trinajstić information content (AvgIpc) is 2.89. The number of ether oxygens (including phenoxy) is 1. The van der Waals surface area contributed by atoms with Gasteiger partial charge in [-0.25, -0.2) is 0 Å². The molecular weight excluding hydrogens is 422 g/mol. The molecule has 1 unspecified atom stereocenters. The minimum Gasteiger partial charge on any atom is -0.490 e. The predicted molar refractivity (Wildman–Crippen MR) is 135 cm³/mol. The van der Waals surface area contributed by atoms with Gasteiger partial charge in [0.25, 0.3) is 0 Å². The average molecular weight is 456 g/mol. The Labute approximate surface area is 202 Å². The SMILES string of the molecule is CN(CCOc1cccc2cccnc12)CCC(C(=O)C1CCCCC1)c1ccccc1C#N. The summed E-state index contributed by atoms with van der Waals surface area (Å²) in [6, 6.07) is 19.8. The number of hydrogen-bond donors (Lipinski definition) is 0. The lowest BCUT2D eigenvalue weighted by Crippen LogP contribution is -2.30. The van der Waals surface area contributed by atoms with Gasteiger partial charge in [-0.05, 0) is 56.6 Å². The number of aromatic nitrogens is 1. The van der Waals surface area contributed by atoms with Gasteiger partial charge in [0.1, 0.15) is 23.7 Å². The maximum absolute atomic E-state index is 13.5. The van der Waals surface area contributed by atoms with Crippen LogP contribution in [0.1, 0.15) is 55.6 Å². The van der Waals surface area contributed by atoms with Gasteiger partial charge in [-0.1, -0.05) is 55.7 Å². The molecule has 176 valence electrons. The number of benzene rings is 2. The molecule has 5 nitrogen and oxygen atoms in total. The lowest BCUT2D eigenvalue weighted by Gasteiger charge is -2.27. The summed E-state index contributed by atoms with van der Waals surface area (Å²) < 4.78 is 6.05. The third kappa shape index (κ3) is 5.81. The van der Waals surface area contributed by atoms with Crippen LogP contribution < -0.4 is 4.74 Å². The van der Waals surface area contributed by atoms with E-state index in [-0.39, 0.29) is 11.8 Å². The van der Waals surface area contributed by atoms with E-state index in [0.717, 1.165) is 61.0 Å². The first kappa shape index (κ1) is 23.9. The van der Waals surface area contributed by atoms with Crippen LogP contribution in [0.3, 0.4) is 0 Å². The van der Waals surface area contributed by atoms with Crippen LogP contribution in [-0.2, 0) is 4.79 Å². The Bertz CT molecular complexity index is 1140. The Hall–Kier alpha value is -3.23. The second kappa shape index (κ2) is 11.8. The van der Waals surface area contributed by atoms with Crippen molar-refractivity contribution in [2.45, 2.75) is 44.4 Å². The summed E-state index contributed by atoms with van der Waals surface area (Å²) >= 11 is 0. The molecule has 0 radical (unpaired) electrons. The lowest BCUT2D eigenvalue weighted by molar-refractivity contribution is -0.125. The summed E-state index contributed by atoms with van der Waals surface area (Å²) in [5.41, 5.74) is 2.37. The molecule has 1 aliphatic rings.